The number of rotatable bonds is 4. The van der Waals surface area contributed by atoms with Gasteiger partial charge in [0.2, 0.25) is 11.8 Å². The van der Waals surface area contributed by atoms with Crippen molar-refractivity contribution in [3.05, 3.63) is 29.8 Å². The van der Waals surface area contributed by atoms with Crippen LogP contribution in [-0.4, -0.2) is 78.3 Å². The molecule has 1 atom stereocenters. The molecule has 4 aliphatic carbocycles. The van der Waals surface area contributed by atoms with E-state index in [1.54, 1.807) is 19.2 Å². The molecule has 6 aliphatic rings. The number of benzene rings is 1. The normalized spacial score (nSPS) is 33.8. The molecule has 2 aliphatic heterocycles. The summed E-state index contributed by atoms with van der Waals surface area (Å²) < 4.78 is 5.25. The Balaban J connectivity index is 1.09. The molecule has 35 heavy (non-hydrogen) atoms. The van der Waals surface area contributed by atoms with Crippen molar-refractivity contribution in [1.82, 2.24) is 14.7 Å². The fourth-order valence-corrected chi connectivity index (χ4v) is 8.22. The largest absolute Gasteiger partial charge is 0.497 e. The van der Waals surface area contributed by atoms with Crippen molar-refractivity contribution in [2.24, 2.45) is 23.2 Å². The maximum Gasteiger partial charge on any atom is 0.254 e. The van der Waals surface area contributed by atoms with Gasteiger partial charge in [-0.15, -0.1) is 0 Å². The molecule has 4 bridgehead atoms. The predicted octanol–water partition coefficient (Wildman–Crippen LogP) is 3.19. The highest BCUT2D eigenvalue weighted by molar-refractivity contribution is 5.95. The summed E-state index contributed by atoms with van der Waals surface area (Å²) in [7, 11) is 1.59. The van der Waals surface area contributed by atoms with Crippen molar-refractivity contribution in [2.45, 2.75) is 57.4 Å². The van der Waals surface area contributed by atoms with E-state index >= 15 is 0 Å². The van der Waals surface area contributed by atoms with Crippen LogP contribution >= 0.6 is 0 Å². The molecule has 4 saturated carbocycles. The molecular formula is C28H37N3O4. The Morgan fingerprint density at radius 1 is 0.886 bits per heavy atom. The molecule has 2 heterocycles. The first-order valence-corrected chi connectivity index (χ1v) is 13.5. The van der Waals surface area contributed by atoms with Gasteiger partial charge in [-0.1, -0.05) is 6.07 Å². The number of hydrogen-bond acceptors (Lipinski definition) is 4. The van der Waals surface area contributed by atoms with Crippen molar-refractivity contribution >= 4 is 17.7 Å². The lowest BCUT2D eigenvalue weighted by molar-refractivity contribution is -0.162. The van der Waals surface area contributed by atoms with Gasteiger partial charge in [-0.3, -0.25) is 14.4 Å². The third-order valence-corrected chi connectivity index (χ3v) is 9.49. The second kappa shape index (κ2) is 8.82. The predicted molar refractivity (Wildman–Crippen MR) is 131 cm³/mol. The molecule has 1 aromatic rings. The zero-order chi connectivity index (χ0) is 24.2. The zero-order valence-corrected chi connectivity index (χ0v) is 20.8. The Hall–Kier alpha value is -2.57. The quantitative estimate of drug-likeness (QED) is 0.665. The van der Waals surface area contributed by atoms with E-state index in [1.807, 2.05) is 26.8 Å². The molecule has 0 radical (unpaired) electrons. The third kappa shape index (κ3) is 4.01. The highest BCUT2D eigenvalue weighted by atomic mass is 16.5. The average Bonchev–Trinajstić information content (AvgIpc) is 3.36. The van der Waals surface area contributed by atoms with Gasteiger partial charge in [0.25, 0.3) is 5.91 Å². The Labute approximate surface area is 207 Å². The van der Waals surface area contributed by atoms with Gasteiger partial charge >= 0.3 is 0 Å². The van der Waals surface area contributed by atoms with Crippen LogP contribution in [-0.2, 0) is 9.59 Å². The van der Waals surface area contributed by atoms with E-state index < -0.39 is 0 Å². The summed E-state index contributed by atoms with van der Waals surface area (Å²) in [6.45, 7) is 2.77. The van der Waals surface area contributed by atoms with Crippen molar-refractivity contribution in [2.75, 3.05) is 39.8 Å². The Bertz CT molecular complexity index is 980. The highest BCUT2D eigenvalue weighted by Gasteiger charge is 2.57. The van der Waals surface area contributed by atoms with Gasteiger partial charge in [-0.2, -0.15) is 0 Å². The molecular weight excluding hydrogens is 442 g/mol. The van der Waals surface area contributed by atoms with Crippen LogP contribution in [0.5, 0.6) is 5.75 Å². The molecule has 3 amide bonds. The fourth-order valence-electron chi connectivity index (χ4n) is 8.22. The minimum absolute atomic E-state index is 0.0320. The van der Waals surface area contributed by atoms with Gasteiger partial charge in [-0.05, 0) is 87.3 Å². The van der Waals surface area contributed by atoms with Crippen molar-refractivity contribution < 1.29 is 19.1 Å². The standard InChI is InChI=1S/C28H37N3O4/c1-35-23-5-2-4-22(15-23)25(32)29-8-10-30(11-9-29)26(33)24-6-3-7-31(24)27(34)28-16-19-12-20(17-28)14-21(13-19)18-28/h2,4-5,15,19-21,24H,3,6-14,16-18H2,1H3. The van der Waals surface area contributed by atoms with Crippen LogP contribution in [0.4, 0.5) is 0 Å². The summed E-state index contributed by atoms with van der Waals surface area (Å²) in [4.78, 5) is 46.1. The van der Waals surface area contributed by atoms with Gasteiger partial charge in [0.1, 0.15) is 11.8 Å². The number of carbonyl (C=O) groups is 3. The number of piperazine rings is 1. The van der Waals surface area contributed by atoms with Gasteiger partial charge < -0.3 is 19.4 Å². The second-order valence-corrected chi connectivity index (χ2v) is 11.7. The van der Waals surface area contributed by atoms with Crippen molar-refractivity contribution in [3.8, 4) is 5.75 Å². The molecule has 7 nitrogen and oxygen atoms in total. The fraction of sp³-hybridized carbons (Fsp3) is 0.679. The van der Waals surface area contributed by atoms with E-state index in [9.17, 15) is 14.4 Å². The highest BCUT2D eigenvalue weighted by Crippen LogP contribution is 2.60. The number of nitrogens with zero attached hydrogens (tertiary/aromatic N) is 3. The van der Waals surface area contributed by atoms with Gasteiger partial charge in [0, 0.05) is 38.3 Å². The van der Waals surface area contributed by atoms with Gasteiger partial charge in [0.05, 0.1) is 12.5 Å². The number of hydrogen-bond donors (Lipinski definition) is 0. The van der Waals surface area contributed by atoms with E-state index in [-0.39, 0.29) is 29.2 Å². The molecule has 0 N–H and O–H groups in total. The Kier molecular flexibility index (Phi) is 5.76. The van der Waals surface area contributed by atoms with Crippen molar-refractivity contribution in [3.63, 3.8) is 0 Å². The lowest BCUT2D eigenvalue weighted by Gasteiger charge is -2.56. The summed E-state index contributed by atoms with van der Waals surface area (Å²) in [5.74, 6) is 3.14. The number of carbonyl (C=O) groups excluding carboxylic acids is 3. The molecule has 1 unspecified atom stereocenters. The van der Waals surface area contributed by atoms with E-state index in [1.165, 1.54) is 19.3 Å². The van der Waals surface area contributed by atoms with Crippen LogP contribution in [0.25, 0.3) is 0 Å². The minimum Gasteiger partial charge on any atom is -0.497 e. The maximum atomic E-state index is 13.9. The Morgan fingerprint density at radius 3 is 2.14 bits per heavy atom. The maximum absolute atomic E-state index is 13.9. The van der Waals surface area contributed by atoms with Crippen LogP contribution in [0.15, 0.2) is 24.3 Å². The zero-order valence-electron chi connectivity index (χ0n) is 20.8. The topological polar surface area (TPSA) is 70.2 Å². The Morgan fingerprint density at radius 2 is 1.51 bits per heavy atom. The van der Waals surface area contributed by atoms with E-state index in [4.69, 9.17) is 4.74 Å². The molecule has 0 aromatic heterocycles. The average molecular weight is 480 g/mol. The third-order valence-electron chi connectivity index (χ3n) is 9.49. The van der Waals surface area contributed by atoms with E-state index in [2.05, 4.69) is 0 Å². The van der Waals surface area contributed by atoms with Crippen molar-refractivity contribution in [1.29, 1.82) is 0 Å². The molecule has 0 spiro atoms. The monoisotopic (exact) mass is 479 g/mol. The second-order valence-electron chi connectivity index (χ2n) is 11.7. The van der Waals surface area contributed by atoms with Crippen LogP contribution in [0.3, 0.4) is 0 Å². The lowest BCUT2D eigenvalue weighted by atomic mass is 9.49. The summed E-state index contributed by atoms with van der Waals surface area (Å²) in [5.41, 5.74) is 0.409. The molecule has 188 valence electrons. The number of likely N-dealkylation sites (tertiary alicyclic amines) is 1. The van der Waals surface area contributed by atoms with Gasteiger partial charge in [0.15, 0.2) is 0 Å². The summed E-state index contributed by atoms with van der Waals surface area (Å²) in [6.07, 6.45) is 8.73. The number of methoxy groups -OCH3 is 1. The summed E-state index contributed by atoms with van der Waals surface area (Å²) in [6, 6.07) is 6.88. The van der Waals surface area contributed by atoms with Crippen LogP contribution in [0, 0.1) is 23.2 Å². The van der Waals surface area contributed by atoms with Gasteiger partial charge in [-0.25, -0.2) is 0 Å². The smallest absolute Gasteiger partial charge is 0.254 e. The van der Waals surface area contributed by atoms with Crippen LogP contribution in [0.1, 0.15) is 61.7 Å². The first-order chi connectivity index (χ1) is 17.0. The van der Waals surface area contributed by atoms with E-state index in [0.717, 1.165) is 49.9 Å². The minimum atomic E-state index is -0.323. The molecule has 1 aromatic carbocycles. The first-order valence-electron chi connectivity index (χ1n) is 13.5. The van der Waals surface area contributed by atoms with E-state index in [0.29, 0.717) is 44.0 Å². The molecule has 6 fully saturated rings. The first kappa shape index (κ1) is 22.9. The number of amides is 3. The van der Waals surface area contributed by atoms with Crippen LogP contribution < -0.4 is 4.74 Å². The van der Waals surface area contributed by atoms with Crippen LogP contribution in [0.2, 0.25) is 0 Å². The molecule has 7 heteroatoms. The number of ether oxygens (including phenoxy) is 1. The molecule has 2 saturated heterocycles. The lowest BCUT2D eigenvalue weighted by Crippen LogP contribution is -2.59. The SMILES string of the molecule is COc1cccc(C(=O)N2CCN(C(=O)C3CCCN3C(=O)C34CC5CC(CC(C5)C3)C4)CC2)c1. The molecule has 7 rings (SSSR count). The summed E-state index contributed by atoms with van der Waals surface area (Å²) in [5, 5.41) is 0. The summed E-state index contributed by atoms with van der Waals surface area (Å²) >= 11 is 0.